The third-order valence-electron chi connectivity index (χ3n) is 5.64. The number of rotatable bonds is 8. The molecule has 33 heavy (non-hydrogen) atoms. The van der Waals surface area contributed by atoms with Crippen molar-refractivity contribution in [1.82, 2.24) is 23.9 Å². The van der Waals surface area contributed by atoms with Crippen molar-refractivity contribution in [1.29, 1.82) is 0 Å². The Balaban J connectivity index is 1.52. The fourth-order valence-corrected chi connectivity index (χ4v) is 5.08. The van der Waals surface area contributed by atoms with Gasteiger partial charge in [-0.3, -0.25) is 9.48 Å². The largest absolute Gasteiger partial charge is 0.395 e. The Morgan fingerprint density at radius 3 is 2.64 bits per heavy atom. The smallest absolute Gasteiger partial charge is 0.286 e. The molecule has 1 aliphatic rings. The summed E-state index contributed by atoms with van der Waals surface area (Å²) < 4.78 is 52.3. The van der Waals surface area contributed by atoms with Gasteiger partial charge in [0.2, 0.25) is 5.91 Å². The first-order chi connectivity index (χ1) is 15.7. The molecule has 2 aromatic heterocycles. The van der Waals surface area contributed by atoms with Crippen LogP contribution in [0.25, 0.3) is 0 Å². The van der Waals surface area contributed by atoms with E-state index < -0.39 is 28.9 Å². The molecule has 9 nitrogen and oxygen atoms in total. The topological polar surface area (TPSA) is 110 Å². The summed E-state index contributed by atoms with van der Waals surface area (Å²) in [4.78, 5) is 14.4. The van der Waals surface area contributed by atoms with Crippen LogP contribution in [0.1, 0.15) is 35.2 Å². The van der Waals surface area contributed by atoms with Crippen molar-refractivity contribution in [3.63, 3.8) is 0 Å². The number of carbonyl (C=O) groups is 1. The van der Waals surface area contributed by atoms with Crippen LogP contribution < -0.4 is 0 Å². The maximum absolute atomic E-state index is 13.1. The molecule has 1 amide bonds. The molecule has 0 saturated carbocycles. The molecular weight excluding hydrogens is 456 g/mol. The summed E-state index contributed by atoms with van der Waals surface area (Å²) in [5, 5.41) is 17.7. The summed E-state index contributed by atoms with van der Waals surface area (Å²) in [7, 11) is -4.11. The van der Waals surface area contributed by atoms with E-state index in [4.69, 9.17) is 0 Å². The van der Waals surface area contributed by atoms with Crippen molar-refractivity contribution in [2.24, 2.45) is 0 Å². The van der Waals surface area contributed by atoms with Crippen LogP contribution in [0.15, 0.2) is 47.8 Å². The lowest BCUT2D eigenvalue weighted by molar-refractivity contribution is -0.134. The lowest BCUT2D eigenvalue weighted by Gasteiger charge is -2.23. The Kier molecular flexibility index (Phi) is 6.30. The second kappa shape index (κ2) is 9.02. The molecule has 0 spiro atoms. The third-order valence-corrected chi connectivity index (χ3v) is 7.13. The molecule has 0 radical (unpaired) electrons. The van der Waals surface area contributed by atoms with Crippen molar-refractivity contribution >= 4 is 15.9 Å². The average molecular weight is 480 g/mol. The van der Waals surface area contributed by atoms with Gasteiger partial charge in [-0.25, -0.2) is 8.78 Å². The maximum atomic E-state index is 13.1. The number of hydrogen-bond acceptors (Lipinski definition) is 6. The third kappa shape index (κ3) is 4.40. The van der Waals surface area contributed by atoms with Crippen LogP contribution in [0.4, 0.5) is 8.78 Å². The first-order valence-electron chi connectivity index (χ1n) is 10.4. The Morgan fingerprint density at radius 2 is 1.97 bits per heavy atom. The highest BCUT2D eigenvalue weighted by molar-refractivity contribution is 7.89. The zero-order chi connectivity index (χ0) is 23.8. The highest BCUT2D eigenvalue weighted by atomic mass is 32.2. The van der Waals surface area contributed by atoms with Crippen LogP contribution in [0.2, 0.25) is 0 Å². The molecule has 1 aliphatic heterocycles. The van der Waals surface area contributed by atoms with E-state index in [1.54, 1.807) is 0 Å². The predicted octanol–water partition coefficient (Wildman–Crippen LogP) is 1.76. The number of hydrogen-bond donors (Lipinski definition) is 1. The molecule has 0 aliphatic carbocycles. The number of benzene rings is 1. The summed E-state index contributed by atoms with van der Waals surface area (Å²) in [6, 6.07) is 7.45. The molecule has 1 atom stereocenters. The first-order valence-corrected chi connectivity index (χ1v) is 11.8. The Hall–Kier alpha value is -3.12. The molecule has 0 fully saturated rings. The zero-order valence-electron chi connectivity index (χ0n) is 17.8. The van der Waals surface area contributed by atoms with Crippen molar-refractivity contribution in [3.05, 3.63) is 65.2 Å². The van der Waals surface area contributed by atoms with Gasteiger partial charge in [0.05, 0.1) is 31.0 Å². The number of aromatic nitrogens is 4. The van der Waals surface area contributed by atoms with E-state index in [-0.39, 0.29) is 30.5 Å². The van der Waals surface area contributed by atoms with Crippen molar-refractivity contribution in [2.75, 3.05) is 6.61 Å². The second-order valence-corrected chi connectivity index (χ2v) is 9.55. The Bertz CT molecular complexity index is 1250. The summed E-state index contributed by atoms with van der Waals surface area (Å²) >= 11 is 0. The van der Waals surface area contributed by atoms with E-state index in [9.17, 15) is 27.1 Å². The lowest BCUT2D eigenvalue weighted by atomic mass is 9.92. The molecular formula is C21H23F2N5O4S. The van der Waals surface area contributed by atoms with Crippen LogP contribution in [-0.4, -0.2) is 56.3 Å². The summed E-state index contributed by atoms with van der Waals surface area (Å²) in [5.41, 5.74) is 2.73. The number of amides is 1. The van der Waals surface area contributed by atoms with Crippen LogP contribution in [0, 0.1) is 0 Å². The summed E-state index contributed by atoms with van der Waals surface area (Å²) in [6.45, 7) is 1.17. The van der Waals surface area contributed by atoms with E-state index >= 15 is 0 Å². The SMILES string of the molecule is CCc1ccccc1C(CO)C(=O)N1Cc2cn(S(=O)(=O)c3cnn(CC(F)F)c3)nc2C1. The molecule has 3 aromatic rings. The molecule has 4 rings (SSSR count). The number of halogens is 2. The molecule has 3 heterocycles. The van der Waals surface area contributed by atoms with E-state index in [2.05, 4.69) is 10.2 Å². The minimum Gasteiger partial charge on any atom is -0.395 e. The van der Waals surface area contributed by atoms with Gasteiger partial charge in [-0.15, -0.1) is 0 Å². The van der Waals surface area contributed by atoms with Gasteiger partial charge in [0, 0.05) is 24.5 Å². The molecule has 0 bridgehead atoms. The van der Waals surface area contributed by atoms with Crippen molar-refractivity contribution < 1.29 is 27.1 Å². The van der Waals surface area contributed by atoms with Crippen LogP contribution in [-0.2, 0) is 40.9 Å². The summed E-state index contributed by atoms with van der Waals surface area (Å²) in [5.74, 6) is -0.985. The van der Waals surface area contributed by atoms with Gasteiger partial charge >= 0.3 is 0 Å². The number of alkyl halides is 2. The first kappa shape index (κ1) is 23.1. The monoisotopic (exact) mass is 479 g/mol. The second-order valence-electron chi connectivity index (χ2n) is 7.75. The quantitative estimate of drug-likeness (QED) is 0.527. The minimum atomic E-state index is -4.11. The molecule has 1 unspecified atom stereocenters. The zero-order valence-corrected chi connectivity index (χ0v) is 18.6. The molecule has 1 aromatic carbocycles. The van der Waals surface area contributed by atoms with E-state index in [0.29, 0.717) is 11.3 Å². The summed E-state index contributed by atoms with van der Waals surface area (Å²) in [6.07, 6.45) is 1.40. The fourth-order valence-electron chi connectivity index (χ4n) is 3.96. The number of carbonyl (C=O) groups excluding carboxylic acids is 1. The number of aliphatic hydroxyl groups excluding tert-OH is 1. The Labute approximate surface area is 189 Å². The fraction of sp³-hybridized carbons (Fsp3) is 0.381. The highest BCUT2D eigenvalue weighted by Gasteiger charge is 2.34. The Morgan fingerprint density at radius 1 is 1.21 bits per heavy atom. The van der Waals surface area contributed by atoms with Gasteiger partial charge in [0.1, 0.15) is 11.4 Å². The predicted molar refractivity (Wildman–Crippen MR) is 113 cm³/mol. The van der Waals surface area contributed by atoms with Crippen LogP contribution >= 0.6 is 0 Å². The molecule has 12 heteroatoms. The number of aryl methyl sites for hydroxylation is 1. The molecule has 176 valence electrons. The van der Waals surface area contributed by atoms with E-state index in [0.717, 1.165) is 38.7 Å². The molecule has 1 N–H and O–H groups in total. The van der Waals surface area contributed by atoms with Gasteiger partial charge in [-0.05, 0) is 17.5 Å². The lowest BCUT2D eigenvalue weighted by Crippen LogP contribution is -2.33. The van der Waals surface area contributed by atoms with Gasteiger partial charge in [0.15, 0.2) is 0 Å². The van der Waals surface area contributed by atoms with Gasteiger partial charge in [-0.2, -0.15) is 22.7 Å². The van der Waals surface area contributed by atoms with Crippen molar-refractivity contribution in [3.8, 4) is 0 Å². The number of nitrogens with zero attached hydrogens (tertiary/aromatic N) is 5. The van der Waals surface area contributed by atoms with Gasteiger partial charge in [0.25, 0.3) is 16.4 Å². The standard InChI is InChI=1S/C21H23F2N5O4S/c1-2-14-5-3-4-6-17(14)18(13-29)21(30)26-8-15-9-28(25-19(15)11-26)33(31,32)16-7-24-27(10-16)12-20(22)23/h3-7,9-10,18,20,29H,2,8,11-13H2,1H3. The van der Waals surface area contributed by atoms with Crippen molar-refractivity contribution in [2.45, 2.75) is 50.2 Å². The normalized spacial score (nSPS) is 14.6. The highest BCUT2D eigenvalue weighted by Crippen LogP contribution is 2.29. The number of fused-ring (bicyclic) bond motifs is 1. The van der Waals surface area contributed by atoms with Crippen LogP contribution in [0.3, 0.4) is 0 Å². The van der Waals surface area contributed by atoms with E-state index in [1.807, 2.05) is 31.2 Å². The minimum absolute atomic E-state index is 0.103. The average Bonchev–Trinajstić information content (AvgIpc) is 3.49. The molecule has 0 saturated heterocycles. The number of aliphatic hydroxyl groups is 1. The van der Waals surface area contributed by atoms with E-state index in [1.165, 1.54) is 11.1 Å². The van der Waals surface area contributed by atoms with Gasteiger partial charge in [-0.1, -0.05) is 31.2 Å². The van der Waals surface area contributed by atoms with Gasteiger partial charge < -0.3 is 10.0 Å². The van der Waals surface area contributed by atoms with Crippen LogP contribution in [0.5, 0.6) is 0 Å². The maximum Gasteiger partial charge on any atom is 0.286 e.